The van der Waals surface area contributed by atoms with E-state index in [-0.39, 0.29) is 12.2 Å². The van der Waals surface area contributed by atoms with Crippen molar-refractivity contribution in [3.8, 4) is 17.1 Å². The molecule has 1 heterocycles. The first-order valence-electron chi connectivity index (χ1n) is 8.25. The van der Waals surface area contributed by atoms with Gasteiger partial charge in [-0.25, -0.2) is 10.2 Å². The Bertz CT molecular complexity index is 1080. The topological polar surface area (TPSA) is 101 Å². The average molecular weight is 478 g/mol. The van der Waals surface area contributed by atoms with E-state index in [1.54, 1.807) is 42.5 Å². The standard InChI is InChI=1S/C20H14BrClN2O5/c21-16-9-14(22)4-6-18(16)28-11-19(25)24-23-10-15-5-7-17(29-15)12-2-1-3-13(8-12)20(26)27/h1-10H,11H2,(H,24,25)(H,26,27). The van der Waals surface area contributed by atoms with Gasteiger partial charge in [-0.05, 0) is 58.4 Å². The second-order valence-corrected chi connectivity index (χ2v) is 7.04. The van der Waals surface area contributed by atoms with E-state index in [0.29, 0.717) is 32.3 Å². The van der Waals surface area contributed by atoms with E-state index in [0.717, 1.165) is 0 Å². The van der Waals surface area contributed by atoms with Crippen LogP contribution in [0.15, 0.2) is 68.6 Å². The molecule has 29 heavy (non-hydrogen) atoms. The molecule has 0 unspecified atom stereocenters. The van der Waals surface area contributed by atoms with E-state index < -0.39 is 11.9 Å². The minimum Gasteiger partial charge on any atom is -0.483 e. The number of carbonyl (C=O) groups is 2. The normalized spacial score (nSPS) is 10.8. The SMILES string of the molecule is O=C(COc1ccc(Cl)cc1Br)NN=Cc1ccc(-c2cccc(C(=O)O)c2)o1. The van der Waals surface area contributed by atoms with Gasteiger partial charge in [-0.1, -0.05) is 23.7 Å². The molecule has 2 aromatic carbocycles. The van der Waals surface area contributed by atoms with Crippen molar-refractivity contribution >= 4 is 45.6 Å². The van der Waals surface area contributed by atoms with Crippen molar-refractivity contribution in [2.75, 3.05) is 6.61 Å². The molecular formula is C20H14BrClN2O5. The number of ether oxygens (including phenoxy) is 1. The van der Waals surface area contributed by atoms with Crippen molar-refractivity contribution in [1.82, 2.24) is 5.43 Å². The zero-order valence-corrected chi connectivity index (χ0v) is 17.1. The Balaban J connectivity index is 1.55. The zero-order valence-electron chi connectivity index (χ0n) is 14.8. The van der Waals surface area contributed by atoms with Gasteiger partial charge in [-0.3, -0.25) is 4.79 Å². The Morgan fingerprint density at radius 1 is 1.21 bits per heavy atom. The number of carboxylic acid groups (broad SMARTS) is 1. The maximum atomic E-state index is 11.8. The van der Waals surface area contributed by atoms with Crippen molar-refractivity contribution < 1.29 is 23.8 Å². The predicted octanol–water partition coefficient (Wildman–Crippen LogP) is 4.59. The minimum absolute atomic E-state index is 0.161. The summed E-state index contributed by atoms with van der Waals surface area (Å²) in [6.07, 6.45) is 1.33. The van der Waals surface area contributed by atoms with Gasteiger partial charge in [0.2, 0.25) is 0 Å². The fourth-order valence-electron chi connectivity index (χ4n) is 2.32. The fourth-order valence-corrected chi connectivity index (χ4v) is 3.12. The van der Waals surface area contributed by atoms with Crippen LogP contribution in [0.1, 0.15) is 16.1 Å². The number of halogens is 2. The molecule has 9 heteroatoms. The lowest BCUT2D eigenvalue weighted by molar-refractivity contribution is -0.123. The van der Waals surface area contributed by atoms with Gasteiger partial charge < -0.3 is 14.3 Å². The molecule has 0 bridgehead atoms. The monoisotopic (exact) mass is 476 g/mol. The second kappa shape index (κ2) is 9.40. The van der Waals surface area contributed by atoms with Gasteiger partial charge in [0.1, 0.15) is 17.3 Å². The molecule has 0 saturated heterocycles. The van der Waals surface area contributed by atoms with Gasteiger partial charge in [0, 0.05) is 10.6 Å². The molecule has 2 N–H and O–H groups in total. The number of nitrogens with zero attached hydrogens (tertiary/aromatic N) is 1. The van der Waals surface area contributed by atoms with E-state index in [1.165, 1.54) is 18.3 Å². The first-order valence-corrected chi connectivity index (χ1v) is 9.43. The molecule has 148 valence electrons. The highest BCUT2D eigenvalue weighted by molar-refractivity contribution is 9.10. The van der Waals surface area contributed by atoms with Crippen LogP contribution in [0, 0.1) is 0 Å². The van der Waals surface area contributed by atoms with E-state index >= 15 is 0 Å². The molecule has 0 aliphatic rings. The van der Waals surface area contributed by atoms with Gasteiger partial charge in [-0.2, -0.15) is 5.10 Å². The van der Waals surface area contributed by atoms with Crippen molar-refractivity contribution in [3.05, 3.63) is 75.4 Å². The molecule has 1 aromatic heterocycles. The van der Waals surface area contributed by atoms with Crippen molar-refractivity contribution in [3.63, 3.8) is 0 Å². The molecule has 7 nitrogen and oxygen atoms in total. The molecule has 0 saturated carbocycles. The van der Waals surface area contributed by atoms with Crippen LogP contribution in [0.2, 0.25) is 5.02 Å². The number of furan rings is 1. The van der Waals surface area contributed by atoms with Crippen LogP contribution in [-0.4, -0.2) is 29.8 Å². The summed E-state index contributed by atoms with van der Waals surface area (Å²) in [6, 6.07) is 14.7. The van der Waals surface area contributed by atoms with Crippen LogP contribution in [-0.2, 0) is 4.79 Å². The largest absolute Gasteiger partial charge is 0.483 e. The highest BCUT2D eigenvalue weighted by Crippen LogP contribution is 2.27. The third kappa shape index (κ3) is 5.69. The van der Waals surface area contributed by atoms with Crippen LogP contribution in [0.25, 0.3) is 11.3 Å². The number of rotatable bonds is 7. The lowest BCUT2D eigenvalue weighted by Gasteiger charge is -2.07. The van der Waals surface area contributed by atoms with Gasteiger partial charge in [-0.15, -0.1) is 0 Å². The Morgan fingerprint density at radius 3 is 2.79 bits per heavy atom. The molecule has 1 amide bonds. The van der Waals surface area contributed by atoms with Crippen LogP contribution < -0.4 is 10.2 Å². The van der Waals surface area contributed by atoms with Crippen LogP contribution in [0.5, 0.6) is 5.75 Å². The van der Waals surface area contributed by atoms with E-state index in [9.17, 15) is 9.59 Å². The molecule has 0 spiro atoms. The van der Waals surface area contributed by atoms with E-state index in [2.05, 4.69) is 26.5 Å². The summed E-state index contributed by atoms with van der Waals surface area (Å²) < 4.78 is 11.6. The smallest absolute Gasteiger partial charge is 0.335 e. The van der Waals surface area contributed by atoms with Crippen molar-refractivity contribution in [1.29, 1.82) is 0 Å². The number of amides is 1. The number of hydrogen-bond donors (Lipinski definition) is 2. The summed E-state index contributed by atoms with van der Waals surface area (Å²) in [5.41, 5.74) is 3.11. The molecule has 0 aliphatic heterocycles. The predicted molar refractivity (Wildman–Crippen MR) is 111 cm³/mol. The number of carboxylic acids is 1. The maximum Gasteiger partial charge on any atom is 0.335 e. The zero-order chi connectivity index (χ0) is 20.8. The number of carbonyl (C=O) groups excluding carboxylic acids is 1. The van der Waals surface area contributed by atoms with E-state index in [1.807, 2.05) is 0 Å². The Hall–Kier alpha value is -3.10. The first-order chi connectivity index (χ1) is 13.9. The molecule has 0 radical (unpaired) electrons. The lowest BCUT2D eigenvalue weighted by Crippen LogP contribution is -2.24. The summed E-state index contributed by atoms with van der Waals surface area (Å²) >= 11 is 9.15. The van der Waals surface area contributed by atoms with Gasteiger partial charge in [0.25, 0.3) is 5.91 Å². The summed E-state index contributed by atoms with van der Waals surface area (Å²) in [6.45, 7) is -0.233. The summed E-state index contributed by atoms with van der Waals surface area (Å²) in [4.78, 5) is 22.9. The van der Waals surface area contributed by atoms with Gasteiger partial charge in [0.15, 0.2) is 6.61 Å². The molecular weight excluding hydrogens is 464 g/mol. The quantitative estimate of drug-likeness (QED) is 0.383. The number of hydrazone groups is 1. The van der Waals surface area contributed by atoms with Gasteiger partial charge >= 0.3 is 5.97 Å². The number of aromatic carboxylic acids is 1. The third-order valence-electron chi connectivity index (χ3n) is 3.65. The number of nitrogens with one attached hydrogen (secondary N) is 1. The molecule has 3 aromatic rings. The average Bonchev–Trinajstić information content (AvgIpc) is 3.16. The Labute approximate surface area is 179 Å². The summed E-state index contributed by atoms with van der Waals surface area (Å²) in [5, 5.41) is 13.4. The van der Waals surface area contributed by atoms with Crippen LogP contribution in [0.4, 0.5) is 0 Å². The molecule has 0 fully saturated rings. The minimum atomic E-state index is -1.02. The lowest BCUT2D eigenvalue weighted by atomic mass is 10.1. The maximum absolute atomic E-state index is 11.8. The Morgan fingerprint density at radius 2 is 2.03 bits per heavy atom. The van der Waals surface area contributed by atoms with Crippen molar-refractivity contribution in [2.45, 2.75) is 0 Å². The second-order valence-electron chi connectivity index (χ2n) is 5.74. The highest BCUT2D eigenvalue weighted by atomic mass is 79.9. The van der Waals surface area contributed by atoms with Crippen LogP contribution >= 0.6 is 27.5 Å². The fraction of sp³-hybridized carbons (Fsp3) is 0.0500. The molecule has 3 rings (SSSR count). The number of benzene rings is 2. The summed E-state index contributed by atoms with van der Waals surface area (Å²) in [7, 11) is 0. The number of hydrogen-bond acceptors (Lipinski definition) is 5. The molecule has 0 atom stereocenters. The van der Waals surface area contributed by atoms with E-state index in [4.69, 9.17) is 25.9 Å². The molecule has 0 aliphatic carbocycles. The Kier molecular flexibility index (Phi) is 6.69. The van der Waals surface area contributed by atoms with Gasteiger partial charge in [0.05, 0.1) is 16.3 Å². The van der Waals surface area contributed by atoms with Crippen molar-refractivity contribution in [2.24, 2.45) is 5.10 Å². The summed E-state index contributed by atoms with van der Waals surface area (Å²) in [5.74, 6) is -0.119. The highest BCUT2D eigenvalue weighted by Gasteiger charge is 2.08. The third-order valence-corrected chi connectivity index (χ3v) is 4.51. The van der Waals surface area contributed by atoms with Crippen LogP contribution in [0.3, 0.4) is 0 Å². The first kappa shape index (κ1) is 20.6.